The zero-order valence-corrected chi connectivity index (χ0v) is 15.3. The van der Waals surface area contributed by atoms with Crippen molar-refractivity contribution in [3.63, 3.8) is 0 Å². The molecule has 0 saturated carbocycles. The van der Waals surface area contributed by atoms with Crippen molar-refractivity contribution in [3.05, 3.63) is 27.8 Å². The molecule has 1 rings (SSSR count). The van der Waals surface area contributed by atoms with Crippen LogP contribution >= 0.6 is 0 Å². The second-order valence-electron chi connectivity index (χ2n) is 5.63. The van der Waals surface area contributed by atoms with Crippen molar-refractivity contribution in [2.24, 2.45) is 11.7 Å². The maximum atomic E-state index is 12.5. The number of rotatable bonds is 8. The van der Waals surface area contributed by atoms with Gasteiger partial charge in [-0.2, -0.15) is 0 Å². The first-order valence-electron chi connectivity index (χ1n) is 7.92. The standard InChI is InChI=1S/C16H21N3O8/c1-5-26-12-7-10(19(23)24)9(6-11(12)25-4)15(21)27-13(8(2)3)14(20)18-16(17)22/h6-8,13H,5H2,1-4H3,(H3,17,18,20,22). The second kappa shape index (κ2) is 9.36. The van der Waals surface area contributed by atoms with Crippen LogP contribution in [0, 0.1) is 16.0 Å². The van der Waals surface area contributed by atoms with Crippen LogP contribution in [0.4, 0.5) is 10.5 Å². The zero-order valence-electron chi connectivity index (χ0n) is 15.3. The predicted molar refractivity (Wildman–Crippen MR) is 92.6 cm³/mol. The largest absolute Gasteiger partial charge is 0.493 e. The molecule has 1 aromatic rings. The van der Waals surface area contributed by atoms with Crippen LogP contribution in [0.3, 0.4) is 0 Å². The van der Waals surface area contributed by atoms with E-state index in [1.807, 2.05) is 5.32 Å². The summed E-state index contributed by atoms with van der Waals surface area (Å²) >= 11 is 0. The van der Waals surface area contributed by atoms with Gasteiger partial charge in [-0.15, -0.1) is 0 Å². The Kier molecular flexibility index (Phi) is 7.51. The Balaban J connectivity index is 3.29. The van der Waals surface area contributed by atoms with E-state index in [-0.39, 0.29) is 18.1 Å². The Hall–Kier alpha value is -3.37. The minimum atomic E-state index is -1.39. The third kappa shape index (κ3) is 5.56. The molecule has 0 aliphatic rings. The van der Waals surface area contributed by atoms with Crippen molar-refractivity contribution >= 4 is 23.6 Å². The number of esters is 1. The summed E-state index contributed by atoms with van der Waals surface area (Å²) in [6.07, 6.45) is -1.39. The first-order valence-corrected chi connectivity index (χ1v) is 7.92. The fourth-order valence-corrected chi connectivity index (χ4v) is 2.16. The number of ether oxygens (including phenoxy) is 3. The van der Waals surface area contributed by atoms with Crippen molar-refractivity contribution in [2.75, 3.05) is 13.7 Å². The van der Waals surface area contributed by atoms with Crippen LogP contribution in [0.5, 0.6) is 11.5 Å². The van der Waals surface area contributed by atoms with E-state index in [4.69, 9.17) is 19.9 Å². The van der Waals surface area contributed by atoms with Gasteiger partial charge in [-0.25, -0.2) is 9.59 Å². The number of benzene rings is 1. The Morgan fingerprint density at radius 3 is 2.33 bits per heavy atom. The molecule has 148 valence electrons. The molecule has 0 saturated heterocycles. The summed E-state index contributed by atoms with van der Waals surface area (Å²) < 4.78 is 15.4. The summed E-state index contributed by atoms with van der Waals surface area (Å²) in [7, 11) is 1.30. The van der Waals surface area contributed by atoms with Crippen LogP contribution in [0.1, 0.15) is 31.1 Å². The van der Waals surface area contributed by atoms with Crippen LogP contribution in [0.25, 0.3) is 0 Å². The number of carbonyl (C=O) groups excluding carboxylic acids is 3. The average molecular weight is 383 g/mol. The molecule has 0 heterocycles. The number of methoxy groups -OCH3 is 1. The number of nitrogens with zero attached hydrogens (tertiary/aromatic N) is 1. The van der Waals surface area contributed by atoms with Gasteiger partial charge in [0.2, 0.25) is 0 Å². The minimum absolute atomic E-state index is 0.0788. The first-order chi connectivity index (χ1) is 12.6. The number of nitro benzene ring substituents is 1. The molecule has 0 aromatic heterocycles. The topological polar surface area (TPSA) is 160 Å². The lowest BCUT2D eigenvalue weighted by molar-refractivity contribution is -0.385. The first kappa shape index (κ1) is 21.7. The van der Waals surface area contributed by atoms with E-state index in [1.54, 1.807) is 20.8 Å². The summed E-state index contributed by atoms with van der Waals surface area (Å²) in [5.41, 5.74) is 3.87. The Bertz CT molecular complexity index is 747. The summed E-state index contributed by atoms with van der Waals surface area (Å²) in [4.78, 5) is 45.9. The summed E-state index contributed by atoms with van der Waals surface area (Å²) in [5, 5.41) is 13.2. The third-order valence-corrected chi connectivity index (χ3v) is 3.34. The van der Waals surface area contributed by atoms with Gasteiger partial charge in [0.15, 0.2) is 17.6 Å². The number of nitrogens with two attached hydrogens (primary N) is 1. The quantitative estimate of drug-likeness (QED) is 0.387. The molecule has 1 unspecified atom stereocenters. The SMILES string of the molecule is CCOc1cc([N+](=O)[O-])c(C(=O)OC(C(=O)NC(N)=O)C(C)C)cc1OC. The number of hydrogen-bond acceptors (Lipinski definition) is 8. The molecule has 0 bridgehead atoms. The van der Waals surface area contributed by atoms with Gasteiger partial charge >= 0.3 is 12.0 Å². The molecule has 0 aliphatic carbocycles. The molecular formula is C16H21N3O8. The average Bonchev–Trinajstić information content (AvgIpc) is 2.58. The lowest BCUT2D eigenvalue weighted by Crippen LogP contribution is -2.45. The van der Waals surface area contributed by atoms with E-state index in [0.29, 0.717) is 0 Å². The van der Waals surface area contributed by atoms with Crippen LogP contribution in [-0.2, 0) is 9.53 Å². The molecule has 11 nitrogen and oxygen atoms in total. The fourth-order valence-electron chi connectivity index (χ4n) is 2.16. The van der Waals surface area contributed by atoms with Crippen LogP contribution < -0.4 is 20.5 Å². The Labute approximate surface area is 154 Å². The smallest absolute Gasteiger partial charge is 0.346 e. The summed E-state index contributed by atoms with van der Waals surface area (Å²) in [5.74, 6) is -2.45. The van der Waals surface area contributed by atoms with Gasteiger partial charge in [0.1, 0.15) is 5.56 Å². The lowest BCUT2D eigenvalue weighted by Gasteiger charge is -2.20. The molecule has 1 atom stereocenters. The third-order valence-electron chi connectivity index (χ3n) is 3.34. The van der Waals surface area contributed by atoms with E-state index in [2.05, 4.69) is 0 Å². The van der Waals surface area contributed by atoms with E-state index in [1.165, 1.54) is 7.11 Å². The lowest BCUT2D eigenvalue weighted by atomic mass is 10.1. The van der Waals surface area contributed by atoms with E-state index >= 15 is 0 Å². The highest BCUT2D eigenvalue weighted by molar-refractivity contribution is 6.00. The maximum Gasteiger partial charge on any atom is 0.346 e. The van der Waals surface area contributed by atoms with Gasteiger partial charge in [0, 0.05) is 6.07 Å². The van der Waals surface area contributed by atoms with Crippen molar-refractivity contribution < 1.29 is 33.5 Å². The highest BCUT2D eigenvalue weighted by Crippen LogP contribution is 2.35. The van der Waals surface area contributed by atoms with Crippen molar-refractivity contribution in [3.8, 4) is 11.5 Å². The van der Waals surface area contributed by atoms with E-state index in [9.17, 15) is 24.5 Å². The summed E-state index contributed by atoms with van der Waals surface area (Å²) in [6, 6.07) is 1.01. The van der Waals surface area contributed by atoms with E-state index in [0.717, 1.165) is 12.1 Å². The molecule has 27 heavy (non-hydrogen) atoms. The molecular weight excluding hydrogens is 362 g/mol. The molecule has 0 fully saturated rings. The van der Waals surface area contributed by atoms with Crippen molar-refractivity contribution in [2.45, 2.75) is 26.9 Å². The van der Waals surface area contributed by atoms with Gasteiger partial charge in [0.25, 0.3) is 11.6 Å². The highest BCUT2D eigenvalue weighted by Gasteiger charge is 2.32. The molecule has 0 spiro atoms. The molecule has 0 aliphatic heterocycles. The molecule has 3 amide bonds. The molecule has 11 heteroatoms. The van der Waals surface area contributed by atoms with Gasteiger partial charge in [-0.1, -0.05) is 13.8 Å². The Morgan fingerprint density at radius 1 is 1.26 bits per heavy atom. The maximum absolute atomic E-state index is 12.5. The number of carbonyl (C=O) groups is 3. The number of urea groups is 1. The van der Waals surface area contributed by atoms with Crippen LogP contribution in [0.2, 0.25) is 0 Å². The van der Waals surface area contributed by atoms with Gasteiger partial charge in [-0.05, 0) is 12.8 Å². The molecule has 0 radical (unpaired) electrons. The van der Waals surface area contributed by atoms with E-state index < -0.39 is 46.1 Å². The second-order valence-corrected chi connectivity index (χ2v) is 5.63. The number of hydrogen-bond donors (Lipinski definition) is 2. The van der Waals surface area contributed by atoms with Gasteiger partial charge in [-0.3, -0.25) is 20.2 Å². The number of nitro groups is 1. The molecule has 1 aromatic carbocycles. The number of primary amides is 1. The monoisotopic (exact) mass is 383 g/mol. The summed E-state index contributed by atoms with van der Waals surface area (Å²) in [6.45, 7) is 5.02. The van der Waals surface area contributed by atoms with Crippen LogP contribution in [0.15, 0.2) is 12.1 Å². The Morgan fingerprint density at radius 2 is 1.89 bits per heavy atom. The number of amides is 3. The number of imide groups is 1. The van der Waals surface area contributed by atoms with Crippen LogP contribution in [-0.4, -0.2) is 42.7 Å². The molecule has 3 N–H and O–H groups in total. The zero-order chi connectivity index (χ0) is 20.7. The minimum Gasteiger partial charge on any atom is -0.493 e. The van der Waals surface area contributed by atoms with Gasteiger partial charge < -0.3 is 19.9 Å². The van der Waals surface area contributed by atoms with Gasteiger partial charge in [0.05, 0.1) is 24.7 Å². The predicted octanol–water partition coefficient (Wildman–Crippen LogP) is 1.38. The van der Waals surface area contributed by atoms with Crippen molar-refractivity contribution in [1.82, 2.24) is 5.32 Å². The fraction of sp³-hybridized carbons (Fsp3) is 0.438. The normalized spacial score (nSPS) is 11.4. The van der Waals surface area contributed by atoms with Crippen molar-refractivity contribution in [1.29, 1.82) is 0 Å². The highest BCUT2D eigenvalue weighted by atomic mass is 16.6. The number of nitrogens with one attached hydrogen (secondary N) is 1.